The van der Waals surface area contributed by atoms with E-state index >= 15 is 0 Å². The van der Waals surface area contributed by atoms with Crippen LogP contribution in [0.2, 0.25) is 0 Å². The average molecular weight is 250 g/mol. The molecule has 3 rings (SSSR count). The van der Waals surface area contributed by atoms with Gasteiger partial charge in [0.2, 0.25) is 5.89 Å². The zero-order valence-corrected chi connectivity index (χ0v) is 9.70. The fraction of sp³-hybridized carbons (Fsp3) is 0.273. The van der Waals surface area contributed by atoms with Crippen molar-refractivity contribution in [2.24, 2.45) is 0 Å². The van der Waals surface area contributed by atoms with Gasteiger partial charge in [0.05, 0.1) is 13.2 Å². The van der Waals surface area contributed by atoms with Crippen molar-refractivity contribution in [3.63, 3.8) is 0 Å². The summed E-state index contributed by atoms with van der Waals surface area (Å²) in [5, 5.41) is 6.57. The van der Waals surface area contributed by atoms with Crippen molar-refractivity contribution >= 4 is 12.2 Å². The Morgan fingerprint density at radius 2 is 2.12 bits per heavy atom. The molecule has 1 aliphatic rings. The number of benzene rings is 1. The van der Waals surface area contributed by atoms with E-state index in [4.69, 9.17) is 26.1 Å². The van der Waals surface area contributed by atoms with Crippen LogP contribution in [0.4, 0.5) is 0 Å². The van der Waals surface area contributed by atoms with Crippen molar-refractivity contribution in [1.82, 2.24) is 10.2 Å². The number of H-pyrrole nitrogens is 1. The third-order valence-electron chi connectivity index (χ3n) is 2.47. The first kappa shape index (κ1) is 10.6. The summed E-state index contributed by atoms with van der Waals surface area (Å²) >= 11 is 4.84. The molecule has 0 unspecified atom stereocenters. The first-order valence-corrected chi connectivity index (χ1v) is 5.63. The number of hydrogen-bond acceptors (Lipinski definition) is 5. The van der Waals surface area contributed by atoms with Gasteiger partial charge in [0.1, 0.15) is 0 Å². The van der Waals surface area contributed by atoms with Crippen molar-refractivity contribution in [1.29, 1.82) is 0 Å². The average Bonchev–Trinajstić information content (AvgIpc) is 3.00. The number of aromatic amines is 1. The molecule has 1 fully saturated rings. The number of nitrogens with zero attached hydrogens (tertiary/aromatic N) is 1. The van der Waals surface area contributed by atoms with Crippen LogP contribution in [0, 0.1) is 4.84 Å². The molecule has 88 valence electrons. The Bertz CT molecular complexity index is 572. The fourth-order valence-corrected chi connectivity index (χ4v) is 1.85. The summed E-state index contributed by atoms with van der Waals surface area (Å²) in [6.07, 6.45) is -0.295. The van der Waals surface area contributed by atoms with E-state index < -0.39 is 0 Å². The molecule has 1 aromatic carbocycles. The molecule has 0 atom stereocenters. The number of rotatable bonds is 2. The summed E-state index contributed by atoms with van der Waals surface area (Å²) in [5.74, 6) is 0.467. The fourth-order valence-electron chi connectivity index (χ4n) is 1.72. The zero-order valence-electron chi connectivity index (χ0n) is 8.88. The van der Waals surface area contributed by atoms with E-state index in [0.717, 1.165) is 11.1 Å². The predicted molar refractivity (Wildman–Crippen MR) is 61.8 cm³/mol. The minimum atomic E-state index is -0.295. The van der Waals surface area contributed by atoms with Crippen LogP contribution in [0.15, 0.2) is 28.7 Å². The summed E-state index contributed by atoms with van der Waals surface area (Å²) in [5.41, 5.74) is 1.79. The zero-order chi connectivity index (χ0) is 11.7. The minimum Gasteiger partial charge on any atom is -0.409 e. The van der Waals surface area contributed by atoms with Gasteiger partial charge >= 0.3 is 0 Å². The molecule has 0 aliphatic carbocycles. The maximum Gasteiger partial charge on any atom is 0.284 e. The van der Waals surface area contributed by atoms with E-state index in [2.05, 4.69) is 10.2 Å². The Balaban J connectivity index is 1.95. The Hall–Kier alpha value is -1.50. The van der Waals surface area contributed by atoms with Crippen LogP contribution in [0.3, 0.4) is 0 Å². The smallest absolute Gasteiger partial charge is 0.284 e. The summed E-state index contributed by atoms with van der Waals surface area (Å²) in [4.78, 5) is 0.263. The Morgan fingerprint density at radius 1 is 1.29 bits per heavy atom. The molecular weight excluding hydrogens is 240 g/mol. The highest BCUT2D eigenvalue weighted by Gasteiger charge is 2.19. The van der Waals surface area contributed by atoms with E-state index in [1.807, 2.05) is 24.3 Å². The van der Waals surface area contributed by atoms with Crippen molar-refractivity contribution in [3.8, 4) is 11.5 Å². The van der Waals surface area contributed by atoms with Crippen LogP contribution in [0.5, 0.6) is 0 Å². The lowest BCUT2D eigenvalue weighted by Crippen LogP contribution is -1.97. The van der Waals surface area contributed by atoms with Gasteiger partial charge in [-0.2, -0.15) is 0 Å². The first-order chi connectivity index (χ1) is 8.33. The standard InChI is InChI=1S/C11H10N2O3S/c17-11-13-12-9(16-11)7-2-1-3-8(6-7)10-14-4-5-15-10/h1-3,6,10H,4-5H2,(H,13,17). The molecule has 0 radical (unpaired) electrons. The molecule has 1 N–H and O–H groups in total. The van der Waals surface area contributed by atoms with Gasteiger partial charge in [0.15, 0.2) is 6.29 Å². The number of aromatic nitrogens is 2. The normalized spacial score (nSPS) is 16.5. The lowest BCUT2D eigenvalue weighted by molar-refractivity contribution is -0.0440. The molecule has 0 bridgehead atoms. The first-order valence-electron chi connectivity index (χ1n) is 5.22. The molecule has 0 saturated carbocycles. The molecule has 5 nitrogen and oxygen atoms in total. The van der Waals surface area contributed by atoms with Crippen molar-refractivity contribution in [2.45, 2.75) is 6.29 Å². The third kappa shape index (κ3) is 2.14. The SMILES string of the molecule is S=c1[nH]nc(-c2cccc(C3OCCO3)c2)o1. The van der Waals surface area contributed by atoms with E-state index in [1.54, 1.807) is 0 Å². The molecule has 1 saturated heterocycles. The van der Waals surface area contributed by atoms with E-state index in [9.17, 15) is 0 Å². The molecule has 1 aromatic heterocycles. The molecule has 6 heteroatoms. The van der Waals surface area contributed by atoms with Crippen LogP contribution in [-0.4, -0.2) is 23.4 Å². The lowest BCUT2D eigenvalue weighted by Gasteiger charge is -2.09. The molecule has 2 aromatic rings. The minimum absolute atomic E-state index is 0.263. The van der Waals surface area contributed by atoms with Crippen LogP contribution >= 0.6 is 12.2 Å². The number of nitrogens with one attached hydrogen (secondary N) is 1. The van der Waals surface area contributed by atoms with Gasteiger partial charge in [-0.25, -0.2) is 5.10 Å². The Labute approximate surface area is 102 Å². The summed E-state index contributed by atoms with van der Waals surface area (Å²) in [6.45, 7) is 1.25. The van der Waals surface area contributed by atoms with Gasteiger partial charge in [0, 0.05) is 11.1 Å². The van der Waals surface area contributed by atoms with Crippen LogP contribution in [0.1, 0.15) is 11.9 Å². The Kier molecular flexibility index (Phi) is 2.76. The van der Waals surface area contributed by atoms with Gasteiger partial charge in [-0.15, -0.1) is 5.10 Å². The Morgan fingerprint density at radius 3 is 2.82 bits per heavy atom. The van der Waals surface area contributed by atoms with E-state index in [-0.39, 0.29) is 11.1 Å². The van der Waals surface area contributed by atoms with Crippen molar-refractivity contribution in [2.75, 3.05) is 13.2 Å². The highest BCUT2D eigenvalue weighted by molar-refractivity contribution is 7.71. The van der Waals surface area contributed by atoms with Gasteiger partial charge in [-0.05, 0) is 24.4 Å². The monoisotopic (exact) mass is 250 g/mol. The maximum atomic E-state index is 5.43. The van der Waals surface area contributed by atoms with E-state index in [0.29, 0.717) is 19.1 Å². The molecule has 17 heavy (non-hydrogen) atoms. The second kappa shape index (κ2) is 4.40. The summed E-state index contributed by atoms with van der Waals surface area (Å²) in [7, 11) is 0. The topological polar surface area (TPSA) is 60.3 Å². The molecule has 2 heterocycles. The summed E-state index contributed by atoms with van der Waals surface area (Å²) in [6, 6.07) is 7.67. The highest BCUT2D eigenvalue weighted by atomic mass is 32.1. The van der Waals surface area contributed by atoms with Crippen LogP contribution in [0.25, 0.3) is 11.5 Å². The predicted octanol–water partition coefficient (Wildman–Crippen LogP) is 2.44. The largest absolute Gasteiger partial charge is 0.409 e. The number of hydrogen-bond donors (Lipinski definition) is 1. The number of ether oxygens (including phenoxy) is 2. The quantitative estimate of drug-likeness (QED) is 0.829. The second-order valence-corrected chi connectivity index (χ2v) is 3.99. The van der Waals surface area contributed by atoms with Gasteiger partial charge in [0.25, 0.3) is 4.84 Å². The highest BCUT2D eigenvalue weighted by Crippen LogP contribution is 2.26. The second-order valence-electron chi connectivity index (χ2n) is 3.62. The van der Waals surface area contributed by atoms with Crippen molar-refractivity contribution in [3.05, 3.63) is 34.7 Å². The molecular formula is C11H10N2O3S. The van der Waals surface area contributed by atoms with Gasteiger partial charge in [-0.1, -0.05) is 12.1 Å². The summed E-state index contributed by atoms with van der Waals surface area (Å²) < 4.78 is 16.1. The third-order valence-corrected chi connectivity index (χ3v) is 2.64. The molecule has 1 aliphatic heterocycles. The lowest BCUT2D eigenvalue weighted by atomic mass is 10.1. The van der Waals surface area contributed by atoms with Gasteiger partial charge < -0.3 is 13.9 Å². The van der Waals surface area contributed by atoms with E-state index in [1.165, 1.54) is 0 Å². The van der Waals surface area contributed by atoms with Crippen molar-refractivity contribution < 1.29 is 13.9 Å². The van der Waals surface area contributed by atoms with Crippen LogP contribution < -0.4 is 0 Å². The van der Waals surface area contributed by atoms with Gasteiger partial charge in [-0.3, -0.25) is 0 Å². The molecule has 0 amide bonds. The molecule has 0 spiro atoms. The maximum absolute atomic E-state index is 5.43. The van der Waals surface area contributed by atoms with Crippen LogP contribution in [-0.2, 0) is 9.47 Å².